The highest BCUT2D eigenvalue weighted by Crippen LogP contribution is 2.35. The highest BCUT2D eigenvalue weighted by atomic mass is 19.4. The Hall–Kier alpha value is -4.84. The summed E-state index contributed by atoms with van der Waals surface area (Å²) in [6, 6.07) is 14.3. The van der Waals surface area contributed by atoms with Crippen LogP contribution in [0, 0.1) is 0 Å². The van der Waals surface area contributed by atoms with Crippen molar-refractivity contribution in [3.05, 3.63) is 78.9 Å². The van der Waals surface area contributed by atoms with Gasteiger partial charge in [-0.15, -0.1) is 10.2 Å². The van der Waals surface area contributed by atoms with Crippen molar-refractivity contribution < 1.29 is 18.0 Å². The number of carbonyl (C=O) groups excluding carboxylic acids is 1. The molecule has 0 aliphatic carbocycles. The van der Waals surface area contributed by atoms with Crippen LogP contribution in [0.3, 0.4) is 0 Å². The number of benzene rings is 2. The summed E-state index contributed by atoms with van der Waals surface area (Å²) >= 11 is 0. The van der Waals surface area contributed by atoms with E-state index >= 15 is 0 Å². The van der Waals surface area contributed by atoms with Crippen LogP contribution >= 0.6 is 0 Å². The van der Waals surface area contributed by atoms with Gasteiger partial charge in [0.1, 0.15) is 12.1 Å². The summed E-state index contributed by atoms with van der Waals surface area (Å²) in [7, 11) is 1.68. The Morgan fingerprint density at radius 2 is 1.84 bits per heavy atom. The summed E-state index contributed by atoms with van der Waals surface area (Å²) in [5, 5.41) is 14.3. The Balaban J connectivity index is 1.52. The number of likely N-dealkylation sites (N-methyl/N-ethyl adjacent to an activating group) is 1. The first-order valence-electron chi connectivity index (χ1n) is 11.5. The van der Waals surface area contributed by atoms with Gasteiger partial charge in [-0.3, -0.25) is 18.7 Å². The van der Waals surface area contributed by atoms with E-state index in [1.807, 2.05) is 24.3 Å². The van der Waals surface area contributed by atoms with E-state index in [2.05, 4.69) is 30.8 Å². The summed E-state index contributed by atoms with van der Waals surface area (Å²) in [5.41, 5.74) is 3.10. The molecule has 2 N–H and O–H groups in total. The van der Waals surface area contributed by atoms with Gasteiger partial charge in [0, 0.05) is 22.8 Å². The third-order valence-corrected chi connectivity index (χ3v) is 6.17. The molecule has 4 aromatic heterocycles. The van der Waals surface area contributed by atoms with Crippen molar-refractivity contribution in [1.82, 2.24) is 34.4 Å². The first-order chi connectivity index (χ1) is 18.3. The summed E-state index contributed by atoms with van der Waals surface area (Å²) in [5.74, 6) is 0.579. The zero-order valence-corrected chi connectivity index (χ0v) is 19.9. The van der Waals surface area contributed by atoms with Crippen LogP contribution in [0.5, 0.6) is 0 Å². The third kappa shape index (κ3) is 4.00. The van der Waals surface area contributed by atoms with Crippen LogP contribution in [0.1, 0.15) is 5.56 Å². The number of hydrogen-bond donors (Lipinski definition) is 2. The second-order valence-corrected chi connectivity index (χ2v) is 8.62. The van der Waals surface area contributed by atoms with E-state index in [0.29, 0.717) is 39.2 Å². The van der Waals surface area contributed by atoms with Gasteiger partial charge < -0.3 is 10.6 Å². The molecule has 0 unspecified atom stereocenters. The van der Waals surface area contributed by atoms with E-state index in [9.17, 15) is 18.0 Å². The number of fused-ring (bicyclic) bond motifs is 5. The lowest BCUT2D eigenvalue weighted by Gasteiger charge is -2.12. The number of imidazole rings is 1. The molecule has 0 spiro atoms. The van der Waals surface area contributed by atoms with Gasteiger partial charge in [-0.25, -0.2) is 4.98 Å². The number of hydrogen-bond acceptors (Lipinski definition) is 6. The lowest BCUT2D eigenvalue weighted by atomic mass is 10.0. The fourth-order valence-corrected chi connectivity index (χ4v) is 4.46. The lowest BCUT2D eigenvalue weighted by molar-refractivity contribution is -0.137. The zero-order valence-electron chi connectivity index (χ0n) is 19.9. The van der Waals surface area contributed by atoms with Crippen LogP contribution in [0.25, 0.3) is 44.5 Å². The molecule has 38 heavy (non-hydrogen) atoms. The summed E-state index contributed by atoms with van der Waals surface area (Å²) in [4.78, 5) is 20.7. The Kier molecular flexibility index (Phi) is 5.53. The molecule has 190 valence electrons. The van der Waals surface area contributed by atoms with E-state index in [0.717, 1.165) is 23.3 Å². The molecular formula is C26H19F3N8O. The SMILES string of the molecule is CNCC(=O)Nc1ccc(-c2ccc3ncc4c(c3c2)n(-c2cccc(C(F)(F)F)c2)c2nncn42)cn1. The second-order valence-electron chi connectivity index (χ2n) is 8.62. The van der Waals surface area contributed by atoms with Crippen molar-refractivity contribution in [3.63, 3.8) is 0 Å². The van der Waals surface area contributed by atoms with Crippen LogP contribution in [-0.4, -0.2) is 48.6 Å². The number of nitrogens with one attached hydrogen (secondary N) is 2. The molecular weight excluding hydrogens is 497 g/mol. The molecule has 0 aliphatic rings. The van der Waals surface area contributed by atoms with Gasteiger partial charge in [0.05, 0.1) is 34.9 Å². The predicted octanol–water partition coefficient (Wildman–Crippen LogP) is 4.46. The number of amides is 1. The van der Waals surface area contributed by atoms with E-state index in [1.165, 1.54) is 12.4 Å². The van der Waals surface area contributed by atoms with Crippen LogP contribution in [0.2, 0.25) is 0 Å². The molecule has 0 saturated carbocycles. The minimum Gasteiger partial charge on any atom is -0.311 e. The minimum atomic E-state index is -4.49. The molecule has 0 radical (unpaired) electrons. The molecule has 2 aromatic carbocycles. The van der Waals surface area contributed by atoms with Gasteiger partial charge in [0.15, 0.2) is 0 Å². The molecule has 0 bridgehead atoms. The summed E-state index contributed by atoms with van der Waals surface area (Å²) in [6.07, 6.45) is 0.309. The Morgan fingerprint density at radius 3 is 2.61 bits per heavy atom. The van der Waals surface area contributed by atoms with Crippen LogP contribution in [0.15, 0.2) is 73.3 Å². The lowest BCUT2D eigenvalue weighted by Crippen LogP contribution is -2.25. The predicted molar refractivity (Wildman–Crippen MR) is 136 cm³/mol. The average molecular weight is 516 g/mol. The maximum Gasteiger partial charge on any atom is 0.416 e. The molecule has 4 heterocycles. The molecule has 0 atom stereocenters. The van der Waals surface area contributed by atoms with Crippen LogP contribution < -0.4 is 10.6 Å². The van der Waals surface area contributed by atoms with Crippen molar-refractivity contribution in [2.24, 2.45) is 0 Å². The monoisotopic (exact) mass is 516 g/mol. The second kappa shape index (κ2) is 8.92. The van der Waals surface area contributed by atoms with Crippen LogP contribution in [-0.2, 0) is 11.0 Å². The maximum absolute atomic E-state index is 13.5. The molecule has 6 rings (SSSR count). The Bertz CT molecular complexity index is 1820. The number of rotatable bonds is 5. The molecule has 1 amide bonds. The maximum atomic E-state index is 13.5. The molecule has 9 nitrogen and oxygen atoms in total. The quantitative estimate of drug-likeness (QED) is 0.351. The number of nitrogens with zero attached hydrogens (tertiary/aromatic N) is 6. The zero-order chi connectivity index (χ0) is 26.4. The smallest absolute Gasteiger partial charge is 0.311 e. The fraction of sp³-hybridized carbons (Fsp3) is 0.115. The average Bonchev–Trinajstić information content (AvgIpc) is 3.50. The molecule has 0 aliphatic heterocycles. The molecule has 12 heteroatoms. The highest BCUT2D eigenvalue weighted by Gasteiger charge is 2.31. The van der Waals surface area contributed by atoms with Gasteiger partial charge in [0.25, 0.3) is 0 Å². The van der Waals surface area contributed by atoms with E-state index < -0.39 is 11.7 Å². The Labute approximate surface area is 213 Å². The van der Waals surface area contributed by atoms with E-state index in [-0.39, 0.29) is 12.5 Å². The largest absolute Gasteiger partial charge is 0.416 e. The van der Waals surface area contributed by atoms with E-state index in [4.69, 9.17) is 0 Å². The number of aromatic nitrogens is 6. The van der Waals surface area contributed by atoms with Crippen molar-refractivity contribution in [2.45, 2.75) is 6.18 Å². The molecule has 6 aromatic rings. The third-order valence-electron chi connectivity index (χ3n) is 6.17. The summed E-state index contributed by atoms with van der Waals surface area (Å²) < 4.78 is 43.9. The number of anilines is 1. The standard InChI is InChI=1S/C26H19F3N8O/c1-30-13-23(38)34-22-8-6-16(11-32-22)15-5-7-20-19(9-15)24-21(12-31-20)36-14-33-35-25(36)37(24)18-4-2-3-17(10-18)26(27,28)29/h2-12,14,30H,13H2,1H3,(H,32,34,38). The number of pyridine rings is 2. The molecule has 0 fully saturated rings. The van der Waals surface area contributed by atoms with Gasteiger partial charge in [-0.05, 0) is 55.1 Å². The first kappa shape index (κ1) is 23.6. The number of halogens is 3. The molecule has 0 saturated heterocycles. The van der Waals surface area contributed by atoms with Crippen molar-refractivity contribution in [1.29, 1.82) is 0 Å². The van der Waals surface area contributed by atoms with Gasteiger partial charge in [-0.2, -0.15) is 13.2 Å². The van der Waals surface area contributed by atoms with Crippen molar-refractivity contribution >= 4 is 39.4 Å². The van der Waals surface area contributed by atoms with Crippen molar-refractivity contribution in [3.8, 4) is 16.8 Å². The number of carbonyl (C=O) groups is 1. The van der Waals surface area contributed by atoms with Gasteiger partial charge in [-0.1, -0.05) is 12.1 Å². The fourth-order valence-electron chi connectivity index (χ4n) is 4.46. The Morgan fingerprint density at radius 1 is 1.00 bits per heavy atom. The van der Waals surface area contributed by atoms with Gasteiger partial charge >= 0.3 is 6.18 Å². The number of alkyl halides is 3. The van der Waals surface area contributed by atoms with Crippen LogP contribution in [0.4, 0.5) is 19.0 Å². The topological polar surface area (TPSA) is 102 Å². The van der Waals surface area contributed by atoms with E-state index in [1.54, 1.807) is 40.5 Å². The normalized spacial score (nSPS) is 12.0. The van der Waals surface area contributed by atoms with Gasteiger partial charge in [0.2, 0.25) is 11.7 Å². The summed E-state index contributed by atoms with van der Waals surface area (Å²) in [6.45, 7) is 0.168. The minimum absolute atomic E-state index is 0.168. The highest BCUT2D eigenvalue weighted by molar-refractivity contribution is 6.06. The first-order valence-corrected chi connectivity index (χ1v) is 11.5. The van der Waals surface area contributed by atoms with Crippen molar-refractivity contribution in [2.75, 3.05) is 18.9 Å².